The summed E-state index contributed by atoms with van der Waals surface area (Å²) in [5, 5.41) is 14.3. The van der Waals surface area contributed by atoms with Gasteiger partial charge in [0, 0.05) is 11.2 Å². The summed E-state index contributed by atoms with van der Waals surface area (Å²) in [6.07, 6.45) is 3.17. The first-order valence-corrected chi connectivity index (χ1v) is 8.09. The van der Waals surface area contributed by atoms with Crippen LogP contribution in [-0.4, -0.2) is 29.3 Å². The number of halogens is 1. The van der Waals surface area contributed by atoms with Gasteiger partial charge in [0.25, 0.3) is 5.91 Å². The number of carbonyl (C=O) groups is 1. The van der Waals surface area contributed by atoms with Crippen molar-refractivity contribution in [3.63, 3.8) is 0 Å². The lowest BCUT2D eigenvalue weighted by molar-refractivity contribution is 0.0951. The number of benzene rings is 2. The maximum absolute atomic E-state index is 12.2. The van der Waals surface area contributed by atoms with Crippen LogP contribution in [0.5, 0.6) is 11.5 Å². The highest BCUT2D eigenvalue weighted by molar-refractivity contribution is 6.30. The summed E-state index contributed by atoms with van der Waals surface area (Å²) in [6, 6.07) is 13.9. The molecule has 0 radical (unpaired) electrons. The number of ether oxygens (including phenoxy) is 1. The monoisotopic (exact) mass is 369 g/mol. The number of aromatic amines is 1. The Labute approximate surface area is 155 Å². The van der Waals surface area contributed by atoms with E-state index in [0.717, 1.165) is 11.1 Å². The van der Waals surface area contributed by atoms with E-state index < -0.39 is 0 Å². The van der Waals surface area contributed by atoms with Gasteiger partial charge < -0.3 is 14.8 Å². The zero-order valence-electron chi connectivity index (χ0n) is 13.9. The van der Waals surface area contributed by atoms with Crippen LogP contribution in [0, 0.1) is 0 Å². The number of nitrogens with zero attached hydrogens (tertiary/aromatic N) is 1. The van der Waals surface area contributed by atoms with Crippen molar-refractivity contribution < 1.29 is 14.6 Å². The predicted octanol–water partition coefficient (Wildman–Crippen LogP) is 3.81. The Kier molecular flexibility index (Phi) is 5.24. The molecule has 0 unspecified atom stereocenters. The highest BCUT2D eigenvalue weighted by Gasteiger charge is 2.09. The number of aromatic nitrogens is 1. The van der Waals surface area contributed by atoms with E-state index >= 15 is 0 Å². The van der Waals surface area contributed by atoms with Crippen molar-refractivity contribution in [2.45, 2.75) is 0 Å². The fraction of sp³-hybridized carbons (Fsp3) is 0.0526. The number of phenolic OH excluding ortho intramolecular Hbond substituents is 1. The number of aromatic hydroxyl groups is 1. The number of H-pyrrole nitrogens is 1. The van der Waals surface area contributed by atoms with Gasteiger partial charge >= 0.3 is 0 Å². The average molecular weight is 370 g/mol. The first-order chi connectivity index (χ1) is 12.6. The van der Waals surface area contributed by atoms with Crippen molar-refractivity contribution in [1.29, 1.82) is 0 Å². The Balaban J connectivity index is 1.65. The number of phenols is 1. The molecular formula is C19H16ClN3O3. The van der Waals surface area contributed by atoms with Gasteiger partial charge in [-0.05, 0) is 53.1 Å². The summed E-state index contributed by atoms with van der Waals surface area (Å²) in [6.45, 7) is 0. The number of amides is 1. The summed E-state index contributed by atoms with van der Waals surface area (Å²) in [5.41, 5.74) is 5.25. The number of nitrogens with one attached hydrogen (secondary N) is 2. The third kappa shape index (κ3) is 4.04. The molecule has 0 fully saturated rings. The van der Waals surface area contributed by atoms with Gasteiger partial charge in [0.2, 0.25) is 0 Å². The molecule has 6 nitrogen and oxygen atoms in total. The molecule has 7 heteroatoms. The van der Waals surface area contributed by atoms with Gasteiger partial charge in [-0.15, -0.1) is 0 Å². The molecule has 0 spiro atoms. The third-order valence-corrected chi connectivity index (χ3v) is 3.94. The van der Waals surface area contributed by atoms with Crippen LogP contribution in [-0.2, 0) is 0 Å². The highest BCUT2D eigenvalue weighted by atomic mass is 35.5. The fourth-order valence-electron chi connectivity index (χ4n) is 2.35. The van der Waals surface area contributed by atoms with Crippen LogP contribution >= 0.6 is 11.6 Å². The Morgan fingerprint density at radius 1 is 1.19 bits per heavy atom. The number of hydrogen-bond acceptors (Lipinski definition) is 4. The molecule has 1 amide bonds. The second kappa shape index (κ2) is 7.76. The molecule has 3 N–H and O–H groups in total. The molecule has 132 valence electrons. The zero-order chi connectivity index (χ0) is 18.5. The summed E-state index contributed by atoms with van der Waals surface area (Å²) in [5.74, 6) is -0.00810. The molecule has 1 heterocycles. The van der Waals surface area contributed by atoms with E-state index in [1.54, 1.807) is 36.5 Å². The Morgan fingerprint density at radius 2 is 1.96 bits per heavy atom. The van der Waals surface area contributed by atoms with E-state index in [9.17, 15) is 9.90 Å². The molecule has 2 aromatic carbocycles. The standard InChI is InChI=1S/C19H16ClN3O3/c1-26-18-7-2-12(8-17(18)24)10-22-23-19(25)16-9-14(11-21-16)13-3-5-15(20)6-4-13/h2-11,21,24H,1H3,(H,23,25). The topological polar surface area (TPSA) is 86.7 Å². The quantitative estimate of drug-likeness (QED) is 0.472. The van der Waals surface area contributed by atoms with Crippen molar-refractivity contribution in [3.05, 3.63) is 71.0 Å². The number of methoxy groups -OCH3 is 1. The van der Waals surface area contributed by atoms with Crippen LogP contribution in [0.1, 0.15) is 16.1 Å². The van der Waals surface area contributed by atoms with Crippen molar-refractivity contribution >= 4 is 23.7 Å². The van der Waals surface area contributed by atoms with E-state index in [1.807, 2.05) is 12.1 Å². The van der Waals surface area contributed by atoms with Gasteiger partial charge in [0.15, 0.2) is 11.5 Å². The summed E-state index contributed by atoms with van der Waals surface area (Å²) in [4.78, 5) is 15.1. The number of rotatable bonds is 5. The predicted molar refractivity (Wildman–Crippen MR) is 101 cm³/mol. The minimum atomic E-state index is -0.376. The number of hydrazone groups is 1. The van der Waals surface area contributed by atoms with Crippen molar-refractivity contribution in [1.82, 2.24) is 10.4 Å². The highest BCUT2D eigenvalue weighted by Crippen LogP contribution is 2.25. The van der Waals surface area contributed by atoms with Gasteiger partial charge in [-0.1, -0.05) is 23.7 Å². The third-order valence-electron chi connectivity index (χ3n) is 3.69. The zero-order valence-corrected chi connectivity index (χ0v) is 14.6. The van der Waals surface area contributed by atoms with Crippen LogP contribution in [0.25, 0.3) is 11.1 Å². The lowest BCUT2D eigenvalue weighted by Crippen LogP contribution is -2.17. The van der Waals surface area contributed by atoms with Crippen molar-refractivity contribution in [2.24, 2.45) is 5.10 Å². The van der Waals surface area contributed by atoms with Crippen LogP contribution in [0.3, 0.4) is 0 Å². The molecule has 3 rings (SSSR count). The molecule has 1 aromatic heterocycles. The van der Waals surface area contributed by atoms with Crippen LogP contribution < -0.4 is 10.2 Å². The van der Waals surface area contributed by atoms with Gasteiger partial charge in [0.1, 0.15) is 5.69 Å². The minimum Gasteiger partial charge on any atom is -0.504 e. The molecule has 0 aliphatic carbocycles. The lowest BCUT2D eigenvalue weighted by atomic mass is 10.1. The second-order valence-electron chi connectivity index (χ2n) is 5.44. The molecule has 26 heavy (non-hydrogen) atoms. The van der Waals surface area contributed by atoms with Gasteiger partial charge in [-0.2, -0.15) is 5.10 Å². The molecule has 0 bridgehead atoms. The molecular weight excluding hydrogens is 354 g/mol. The molecule has 0 saturated heterocycles. The maximum atomic E-state index is 12.2. The van der Waals surface area contributed by atoms with E-state index in [2.05, 4.69) is 15.5 Å². The Bertz CT molecular complexity index is 949. The van der Waals surface area contributed by atoms with E-state index in [-0.39, 0.29) is 11.7 Å². The Hall–Kier alpha value is -3.25. The average Bonchev–Trinajstić information content (AvgIpc) is 3.12. The van der Waals surface area contributed by atoms with Crippen LogP contribution in [0.4, 0.5) is 0 Å². The maximum Gasteiger partial charge on any atom is 0.287 e. The summed E-state index contributed by atoms with van der Waals surface area (Å²) < 4.78 is 4.97. The molecule has 0 aliphatic rings. The van der Waals surface area contributed by atoms with E-state index in [4.69, 9.17) is 16.3 Å². The summed E-state index contributed by atoms with van der Waals surface area (Å²) in [7, 11) is 1.47. The largest absolute Gasteiger partial charge is 0.504 e. The summed E-state index contributed by atoms with van der Waals surface area (Å²) >= 11 is 5.88. The van der Waals surface area contributed by atoms with Crippen LogP contribution in [0.2, 0.25) is 5.02 Å². The SMILES string of the molecule is COc1ccc(C=NNC(=O)c2cc(-c3ccc(Cl)cc3)c[nH]2)cc1O. The molecule has 0 saturated carbocycles. The lowest BCUT2D eigenvalue weighted by Gasteiger charge is -2.03. The first-order valence-electron chi connectivity index (χ1n) is 7.71. The first kappa shape index (κ1) is 17.6. The van der Waals surface area contributed by atoms with Gasteiger partial charge in [0.05, 0.1) is 13.3 Å². The second-order valence-corrected chi connectivity index (χ2v) is 5.88. The van der Waals surface area contributed by atoms with Gasteiger partial charge in [-0.25, -0.2) is 5.43 Å². The van der Waals surface area contributed by atoms with Crippen LogP contribution in [0.15, 0.2) is 59.8 Å². The van der Waals surface area contributed by atoms with Crippen molar-refractivity contribution in [3.8, 4) is 22.6 Å². The Morgan fingerprint density at radius 3 is 2.65 bits per heavy atom. The number of hydrogen-bond donors (Lipinski definition) is 3. The van der Waals surface area contributed by atoms with E-state index in [1.165, 1.54) is 19.4 Å². The molecule has 0 aliphatic heterocycles. The normalized spacial score (nSPS) is 10.8. The minimum absolute atomic E-state index is 0.000231. The molecule has 3 aromatic rings. The molecule has 0 atom stereocenters. The van der Waals surface area contributed by atoms with E-state index in [0.29, 0.717) is 22.0 Å². The fourth-order valence-corrected chi connectivity index (χ4v) is 2.47. The van der Waals surface area contributed by atoms with Gasteiger partial charge in [-0.3, -0.25) is 4.79 Å². The number of carbonyl (C=O) groups excluding carboxylic acids is 1. The smallest absolute Gasteiger partial charge is 0.287 e. The van der Waals surface area contributed by atoms with Crippen molar-refractivity contribution in [2.75, 3.05) is 7.11 Å².